The highest BCUT2D eigenvalue weighted by atomic mass is 28.3. The molecular formula is C34H34Si4. The molecule has 4 heteroatoms. The zero-order valence-corrected chi connectivity index (χ0v) is 26.7. The lowest BCUT2D eigenvalue weighted by atomic mass is 10.3. The largest absolute Gasteiger partial charge is 0.118 e. The third kappa shape index (κ3) is 5.69. The summed E-state index contributed by atoms with van der Waals surface area (Å²) in [4.78, 5) is 0. The first-order chi connectivity index (χ1) is 18.5. The molecule has 5 rings (SSSR count). The van der Waals surface area contributed by atoms with Crippen LogP contribution in [-0.4, -0.2) is 35.2 Å². The molecule has 0 aromatic heterocycles. The number of hydrogen-bond acceptors (Lipinski definition) is 0. The number of hydrogen-bond donors (Lipinski definition) is 0. The summed E-state index contributed by atoms with van der Waals surface area (Å²) in [5.41, 5.74) is 0. The topological polar surface area (TPSA) is 0 Å². The normalized spacial score (nSPS) is 11.6. The molecule has 0 aliphatic rings. The van der Waals surface area contributed by atoms with Crippen molar-refractivity contribution in [2.24, 2.45) is 0 Å². The Bertz CT molecular complexity index is 1230. The Kier molecular flexibility index (Phi) is 8.54. The molecule has 38 heavy (non-hydrogen) atoms. The van der Waals surface area contributed by atoms with Gasteiger partial charge in [0.05, 0.1) is 0 Å². The van der Waals surface area contributed by atoms with Crippen molar-refractivity contribution in [2.45, 2.75) is 26.2 Å². The van der Waals surface area contributed by atoms with Crippen LogP contribution >= 0.6 is 0 Å². The Morgan fingerprint density at radius 3 is 0.658 bits per heavy atom. The Balaban J connectivity index is 1.75. The number of rotatable bonds is 8. The van der Waals surface area contributed by atoms with Crippen molar-refractivity contribution in [2.75, 3.05) is 0 Å². The van der Waals surface area contributed by atoms with Gasteiger partial charge in [-0.3, -0.25) is 0 Å². The molecule has 0 N–H and O–H groups in total. The van der Waals surface area contributed by atoms with Crippen LogP contribution in [-0.2, 0) is 0 Å². The lowest BCUT2D eigenvalue weighted by Gasteiger charge is -2.27. The Hall–Kier alpha value is -3.03. The molecule has 0 saturated heterocycles. The Morgan fingerprint density at radius 1 is 0.289 bits per heavy atom. The Morgan fingerprint density at radius 2 is 0.474 bits per heavy atom. The minimum absolute atomic E-state index is 0.915. The van der Waals surface area contributed by atoms with Gasteiger partial charge in [-0.05, 0) is 0 Å². The minimum Gasteiger partial charge on any atom is -0.0636 e. The van der Waals surface area contributed by atoms with Gasteiger partial charge in [-0.2, -0.15) is 0 Å². The maximum atomic E-state index is 2.68. The molecule has 5 aromatic carbocycles. The average Bonchev–Trinajstić information content (AvgIpc) is 3.00. The van der Waals surface area contributed by atoms with E-state index in [1.54, 1.807) is 20.7 Å². The quantitative estimate of drug-likeness (QED) is 0.259. The molecule has 0 unspecified atom stereocenters. The van der Waals surface area contributed by atoms with Gasteiger partial charge < -0.3 is 0 Å². The van der Waals surface area contributed by atoms with Gasteiger partial charge in [0.15, 0.2) is 0 Å². The van der Waals surface area contributed by atoms with E-state index in [-0.39, 0.29) is 0 Å². The van der Waals surface area contributed by atoms with Gasteiger partial charge in [0.1, 0.15) is 35.2 Å². The smallest absolute Gasteiger partial charge is 0.0636 e. The Labute approximate surface area is 235 Å². The first kappa shape index (κ1) is 26.6. The van der Waals surface area contributed by atoms with E-state index in [0.29, 0.717) is 0 Å². The van der Waals surface area contributed by atoms with Gasteiger partial charge in [-0.15, -0.1) is 0 Å². The standard InChI is InChI=1S/C34H34Si4/c1-35(27-17-9-5-10-18-27)31-25-33(37(3)29-21-13-7-14-22-29)34(38(4)30-23-15-8-16-24-30)26-32(31)36(2)28-19-11-6-12-20-28/h5-26H,1-4H3. The molecule has 0 nitrogen and oxygen atoms in total. The van der Waals surface area contributed by atoms with E-state index in [2.05, 4.69) is 160 Å². The van der Waals surface area contributed by atoms with Crippen LogP contribution in [0.1, 0.15) is 0 Å². The molecule has 0 aliphatic carbocycles. The second-order valence-corrected chi connectivity index (χ2v) is 19.4. The van der Waals surface area contributed by atoms with Crippen LogP contribution in [0, 0.1) is 0 Å². The van der Waals surface area contributed by atoms with Crippen molar-refractivity contribution in [1.82, 2.24) is 0 Å². The molecule has 0 heterocycles. The first-order valence-corrected chi connectivity index (χ1v) is 21.3. The van der Waals surface area contributed by atoms with E-state index in [1.807, 2.05) is 0 Å². The van der Waals surface area contributed by atoms with E-state index in [4.69, 9.17) is 0 Å². The van der Waals surface area contributed by atoms with Crippen molar-refractivity contribution in [3.05, 3.63) is 133 Å². The fourth-order valence-electron chi connectivity index (χ4n) is 5.22. The van der Waals surface area contributed by atoms with Crippen LogP contribution in [0.3, 0.4) is 0 Å². The van der Waals surface area contributed by atoms with Gasteiger partial charge in [0.25, 0.3) is 0 Å². The van der Waals surface area contributed by atoms with E-state index in [1.165, 1.54) is 20.7 Å². The monoisotopic (exact) mass is 554 g/mol. The highest BCUT2D eigenvalue weighted by Gasteiger charge is 2.27. The second-order valence-electron chi connectivity index (χ2n) is 9.91. The third-order valence-corrected chi connectivity index (χ3v) is 17.8. The van der Waals surface area contributed by atoms with Crippen LogP contribution in [0.15, 0.2) is 133 Å². The summed E-state index contributed by atoms with van der Waals surface area (Å²) < 4.78 is 0. The molecule has 4 radical (unpaired) electrons. The molecule has 0 saturated carbocycles. The summed E-state index contributed by atoms with van der Waals surface area (Å²) in [6.45, 7) is 10.0. The summed E-state index contributed by atoms with van der Waals surface area (Å²) in [6, 6.07) is 50.3. The van der Waals surface area contributed by atoms with E-state index >= 15 is 0 Å². The lowest BCUT2D eigenvalue weighted by molar-refractivity contribution is 1.72. The molecule has 0 spiro atoms. The highest BCUT2D eigenvalue weighted by Crippen LogP contribution is 1.99. The molecule has 0 fully saturated rings. The molecule has 0 bridgehead atoms. The molecule has 186 valence electrons. The van der Waals surface area contributed by atoms with E-state index in [9.17, 15) is 0 Å². The van der Waals surface area contributed by atoms with Crippen molar-refractivity contribution in [1.29, 1.82) is 0 Å². The van der Waals surface area contributed by atoms with Crippen LogP contribution in [0.4, 0.5) is 0 Å². The van der Waals surface area contributed by atoms with E-state index < -0.39 is 35.2 Å². The van der Waals surface area contributed by atoms with Crippen molar-refractivity contribution < 1.29 is 0 Å². The van der Waals surface area contributed by atoms with Crippen molar-refractivity contribution in [3.8, 4) is 0 Å². The van der Waals surface area contributed by atoms with Crippen LogP contribution in [0.5, 0.6) is 0 Å². The zero-order valence-electron chi connectivity index (χ0n) is 22.7. The highest BCUT2D eigenvalue weighted by molar-refractivity contribution is 6.97. The maximum Gasteiger partial charge on any atom is 0.118 e. The van der Waals surface area contributed by atoms with Crippen molar-refractivity contribution >= 4 is 76.7 Å². The molecule has 0 amide bonds. The molecular weight excluding hydrogens is 521 g/mol. The van der Waals surface area contributed by atoms with E-state index in [0.717, 1.165) is 0 Å². The zero-order chi connectivity index (χ0) is 26.5. The van der Waals surface area contributed by atoms with Crippen LogP contribution in [0.2, 0.25) is 26.2 Å². The van der Waals surface area contributed by atoms with Gasteiger partial charge >= 0.3 is 0 Å². The summed E-state index contributed by atoms with van der Waals surface area (Å²) >= 11 is 0. The number of benzene rings is 5. The summed E-state index contributed by atoms with van der Waals surface area (Å²) in [5, 5.41) is 12.4. The minimum atomic E-state index is -0.915. The first-order valence-electron chi connectivity index (χ1n) is 13.3. The maximum absolute atomic E-state index is 2.68. The molecule has 5 aromatic rings. The van der Waals surface area contributed by atoms with Crippen LogP contribution < -0.4 is 41.5 Å². The average molecular weight is 555 g/mol. The SMILES string of the molecule is C[Si](c1ccccc1)c1cc([Si](C)c2ccccc2)c([Si](C)c2ccccc2)cc1[Si](C)c1ccccc1. The molecule has 0 atom stereocenters. The summed E-state index contributed by atoms with van der Waals surface area (Å²) in [5.74, 6) is 0. The fraction of sp³-hybridized carbons (Fsp3) is 0.118. The predicted molar refractivity (Wildman–Crippen MR) is 176 cm³/mol. The lowest BCUT2D eigenvalue weighted by Crippen LogP contribution is -2.63. The summed E-state index contributed by atoms with van der Waals surface area (Å²) in [7, 11) is -3.66. The van der Waals surface area contributed by atoms with Crippen LogP contribution in [0.25, 0.3) is 0 Å². The van der Waals surface area contributed by atoms with Gasteiger partial charge in [-0.25, -0.2) is 0 Å². The van der Waals surface area contributed by atoms with Gasteiger partial charge in [-0.1, -0.05) is 201 Å². The predicted octanol–water partition coefficient (Wildman–Crippen LogP) is 2.64. The summed E-state index contributed by atoms with van der Waals surface area (Å²) in [6.07, 6.45) is 0. The van der Waals surface area contributed by atoms with Crippen molar-refractivity contribution in [3.63, 3.8) is 0 Å². The second kappa shape index (κ2) is 12.2. The van der Waals surface area contributed by atoms with Gasteiger partial charge in [0, 0.05) is 0 Å². The fourth-order valence-corrected chi connectivity index (χ4v) is 15.1. The third-order valence-electron chi connectivity index (χ3n) is 7.60. The van der Waals surface area contributed by atoms with Gasteiger partial charge in [0.2, 0.25) is 0 Å². The molecule has 0 aliphatic heterocycles.